The SMILES string of the molecule is Cc1ccnc(N2CCCN(CCCN)CC2)c1Br. The van der Waals surface area contributed by atoms with Gasteiger partial charge in [0, 0.05) is 25.8 Å². The summed E-state index contributed by atoms with van der Waals surface area (Å²) in [7, 11) is 0. The molecule has 4 nitrogen and oxygen atoms in total. The van der Waals surface area contributed by atoms with Crippen LogP contribution in [0.5, 0.6) is 0 Å². The molecule has 1 aliphatic rings. The number of aryl methyl sites for hydroxylation is 1. The topological polar surface area (TPSA) is 45.4 Å². The average molecular weight is 327 g/mol. The third-order valence-corrected chi connectivity index (χ3v) is 4.61. The maximum absolute atomic E-state index is 5.59. The van der Waals surface area contributed by atoms with Gasteiger partial charge in [0.2, 0.25) is 0 Å². The summed E-state index contributed by atoms with van der Waals surface area (Å²) >= 11 is 3.66. The lowest BCUT2D eigenvalue weighted by Gasteiger charge is -2.24. The molecule has 1 fully saturated rings. The monoisotopic (exact) mass is 326 g/mol. The molecule has 2 heterocycles. The molecule has 0 aliphatic carbocycles. The fraction of sp³-hybridized carbons (Fsp3) is 0.643. The van der Waals surface area contributed by atoms with Crippen LogP contribution in [-0.2, 0) is 0 Å². The molecule has 1 aromatic heterocycles. The number of nitrogens with zero attached hydrogens (tertiary/aromatic N) is 3. The van der Waals surface area contributed by atoms with E-state index < -0.39 is 0 Å². The molecule has 0 atom stereocenters. The fourth-order valence-corrected chi connectivity index (χ4v) is 2.95. The van der Waals surface area contributed by atoms with Gasteiger partial charge in [0.1, 0.15) is 5.82 Å². The van der Waals surface area contributed by atoms with E-state index >= 15 is 0 Å². The van der Waals surface area contributed by atoms with Crippen LogP contribution in [0.4, 0.5) is 5.82 Å². The highest BCUT2D eigenvalue weighted by molar-refractivity contribution is 9.10. The molecule has 1 saturated heterocycles. The summed E-state index contributed by atoms with van der Waals surface area (Å²) in [6.07, 6.45) is 4.17. The fourth-order valence-electron chi connectivity index (χ4n) is 2.47. The maximum Gasteiger partial charge on any atom is 0.143 e. The van der Waals surface area contributed by atoms with Crippen LogP contribution in [0.3, 0.4) is 0 Å². The van der Waals surface area contributed by atoms with Gasteiger partial charge >= 0.3 is 0 Å². The van der Waals surface area contributed by atoms with Crippen molar-refractivity contribution >= 4 is 21.7 Å². The van der Waals surface area contributed by atoms with Crippen molar-refractivity contribution in [2.75, 3.05) is 44.2 Å². The third-order valence-electron chi connectivity index (χ3n) is 3.63. The van der Waals surface area contributed by atoms with Crippen molar-refractivity contribution in [2.45, 2.75) is 19.8 Å². The van der Waals surface area contributed by atoms with Crippen molar-refractivity contribution in [3.8, 4) is 0 Å². The average Bonchev–Trinajstić information content (AvgIpc) is 2.65. The molecule has 106 valence electrons. The van der Waals surface area contributed by atoms with Gasteiger partial charge in [-0.2, -0.15) is 0 Å². The lowest BCUT2D eigenvalue weighted by atomic mass is 10.3. The summed E-state index contributed by atoms with van der Waals surface area (Å²) in [6.45, 7) is 8.40. The molecule has 5 heteroatoms. The van der Waals surface area contributed by atoms with Gasteiger partial charge in [-0.25, -0.2) is 4.98 Å². The first kappa shape index (κ1) is 14.8. The second kappa shape index (κ2) is 7.22. The zero-order valence-electron chi connectivity index (χ0n) is 11.6. The molecule has 1 aliphatic heterocycles. The molecule has 0 radical (unpaired) electrons. The van der Waals surface area contributed by atoms with Gasteiger partial charge < -0.3 is 15.5 Å². The van der Waals surface area contributed by atoms with Gasteiger partial charge in [0.25, 0.3) is 0 Å². The summed E-state index contributed by atoms with van der Waals surface area (Å²) in [5, 5.41) is 0. The van der Waals surface area contributed by atoms with Crippen molar-refractivity contribution in [2.24, 2.45) is 5.73 Å². The molecule has 0 bridgehead atoms. The van der Waals surface area contributed by atoms with Crippen molar-refractivity contribution < 1.29 is 0 Å². The first-order chi connectivity index (χ1) is 9.22. The molecule has 19 heavy (non-hydrogen) atoms. The van der Waals surface area contributed by atoms with E-state index in [1.807, 2.05) is 12.3 Å². The highest BCUT2D eigenvalue weighted by Gasteiger charge is 2.17. The minimum absolute atomic E-state index is 0.783. The van der Waals surface area contributed by atoms with Crippen LogP contribution < -0.4 is 10.6 Å². The van der Waals surface area contributed by atoms with Gasteiger partial charge in [0.15, 0.2) is 0 Å². The van der Waals surface area contributed by atoms with Gasteiger partial charge in [-0.05, 0) is 67.0 Å². The molecular weight excluding hydrogens is 304 g/mol. The van der Waals surface area contributed by atoms with Crippen LogP contribution >= 0.6 is 15.9 Å². The second-order valence-corrected chi connectivity index (χ2v) is 5.88. The van der Waals surface area contributed by atoms with Crippen LogP contribution in [-0.4, -0.2) is 49.2 Å². The van der Waals surface area contributed by atoms with E-state index in [-0.39, 0.29) is 0 Å². The first-order valence-electron chi connectivity index (χ1n) is 7.01. The Morgan fingerprint density at radius 2 is 2.16 bits per heavy atom. The van der Waals surface area contributed by atoms with Crippen molar-refractivity contribution in [3.63, 3.8) is 0 Å². The Morgan fingerprint density at radius 3 is 2.95 bits per heavy atom. The number of rotatable bonds is 4. The van der Waals surface area contributed by atoms with Gasteiger partial charge in [-0.1, -0.05) is 0 Å². The predicted molar refractivity (Wildman–Crippen MR) is 83.6 cm³/mol. The normalized spacial score (nSPS) is 17.5. The Kier molecular flexibility index (Phi) is 5.60. The number of anilines is 1. The molecule has 0 aromatic carbocycles. The Morgan fingerprint density at radius 1 is 1.32 bits per heavy atom. The number of hydrogen-bond donors (Lipinski definition) is 1. The van der Waals surface area contributed by atoms with Crippen molar-refractivity contribution in [1.82, 2.24) is 9.88 Å². The zero-order valence-corrected chi connectivity index (χ0v) is 13.2. The molecule has 1 aromatic rings. The third kappa shape index (κ3) is 3.91. The van der Waals surface area contributed by atoms with Gasteiger partial charge in [0.05, 0.1) is 4.47 Å². The Hall–Kier alpha value is -0.650. The molecule has 0 saturated carbocycles. The van der Waals surface area contributed by atoms with Crippen LogP contribution in [0.15, 0.2) is 16.7 Å². The smallest absolute Gasteiger partial charge is 0.143 e. The predicted octanol–water partition coefficient (Wildman–Crippen LogP) is 2.01. The molecule has 2 rings (SSSR count). The molecule has 0 unspecified atom stereocenters. The van der Waals surface area contributed by atoms with E-state index in [9.17, 15) is 0 Å². The highest BCUT2D eigenvalue weighted by atomic mass is 79.9. The van der Waals surface area contributed by atoms with Crippen LogP contribution in [0.25, 0.3) is 0 Å². The summed E-state index contributed by atoms with van der Waals surface area (Å²) in [5.74, 6) is 1.08. The van der Waals surface area contributed by atoms with E-state index in [1.165, 1.54) is 18.5 Å². The van der Waals surface area contributed by atoms with Gasteiger partial charge in [-0.3, -0.25) is 0 Å². The summed E-state index contributed by atoms with van der Waals surface area (Å²) < 4.78 is 1.13. The van der Waals surface area contributed by atoms with E-state index in [1.54, 1.807) is 0 Å². The first-order valence-corrected chi connectivity index (χ1v) is 7.80. The molecular formula is C14H23BrN4. The van der Waals surface area contributed by atoms with E-state index in [4.69, 9.17) is 5.73 Å². The number of hydrogen-bond acceptors (Lipinski definition) is 4. The molecule has 0 amide bonds. The number of aromatic nitrogens is 1. The quantitative estimate of drug-likeness (QED) is 0.919. The minimum atomic E-state index is 0.783. The Balaban J connectivity index is 2.00. The Labute approximate surface area is 124 Å². The minimum Gasteiger partial charge on any atom is -0.354 e. The molecule has 2 N–H and O–H groups in total. The van der Waals surface area contributed by atoms with E-state index in [0.717, 1.165) is 49.4 Å². The largest absolute Gasteiger partial charge is 0.354 e. The summed E-state index contributed by atoms with van der Waals surface area (Å²) in [4.78, 5) is 9.43. The molecule has 0 spiro atoms. The van der Waals surface area contributed by atoms with Gasteiger partial charge in [-0.15, -0.1) is 0 Å². The summed E-state index contributed by atoms with van der Waals surface area (Å²) in [5.41, 5.74) is 6.83. The van der Waals surface area contributed by atoms with Crippen LogP contribution in [0.2, 0.25) is 0 Å². The highest BCUT2D eigenvalue weighted by Crippen LogP contribution is 2.27. The lowest BCUT2D eigenvalue weighted by Crippen LogP contribution is -2.32. The maximum atomic E-state index is 5.59. The van der Waals surface area contributed by atoms with E-state index in [0.29, 0.717) is 0 Å². The number of nitrogens with two attached hydrogens (primary N) is 1. The number of pyridine rings is 1. The lowest BCUT2D eigenvalue weighted by molar-refractivity contribution is 0.291. The summed E-state index contributed by atoms with van der Waals surface area (Å²) in [6, 6.07) is 2.04. The van der Waals surface area contributed by atoms with E-state index in [2.05, 4.69) is 37.6 Å². The van der Waals surface area contributed by atoms with Crippen LogP contribution in [0.1, 0.15) is 18.4 Å². The van der Waals surface area contributed by atoms with Crippen molar-refractivity contribution in [3.05, 3.63) is 22.3 Å². The zero-order chi connectivity index (χ0) is 13.7. The Bertz CT molecular complexity index is 410. The van der Waals surface area contributed by atoms with Crippen LogP contribution in [0, 0.1) is 6.92 Å². The standard InChI is InChI=1S/C14H23BrN4/c1-12-4-6-17-14(13(12)15)19-9-3-8-18(10-11-19)7-2-5-16/h4,6H,2-3,5,7-11,16H2,1H3. The van der Waals surface area contributed by atoms with Crippen molar-refractivity contribution in [1.29, 1.82) is 0 Å². The second-order valence-electron chi connectivity index (χ2n) is 5.09. The number of halogens is 1.